The third-order valence-corrected chi connectivity index (χ3v) is 5.73. The summed E-state index contributed by atoms with van der Waals surface area (Å²) in [5.41, 5.74) is 5.18. The largest absolute Gasteiger partial charge is 0.465 e. The number of hydrogen-bond acceptors (Lipinski definition) is 3. The number of hydrogen-bond donors (Lipinski definition) is 0. The van der Waals surface area contributed by atoms with Gasteiger partial charge in [0.05, 0.1) is 29.3 Å². The molecule has 4 nitrogen and oxygen atoms in total. The first kappa shape index (κ1) is 20.4. The molecule has 0 heterocycles. The molecule has 1 aliphatic rings. The molecular weight excluding hydrogens is 374 g/mol. The SMILES string of the molecule is COC(=O)c1cc2c(cc1C)CC[C@H]2N(C(=O)c1ccc(C)cc1Cl)C(C)C. The molecule has 148 valence electrons. The van der Waals surface area contributed by atoms with Crippen LogP contribution in [-0.2, 0) is 11.2 Å². The van der Waals surface area contributed by atoms with Gasteiger partial charge in [-0.25, -0.2) is 4.79 Å². The summed E-state index contributed by atoms with van der Waals surface area (Å²) in [5, 5.41) is 0.466. The monoisotopic (exact) mass is 399 g/mol. The van der Waals surface area contributed by atoms with E-state index >= 15 is 0 Å². The van der Waals surface area contributed by atoms with Gasteiger partial charge in [0.2, 0.25) is 0 Å². The van der Waals surface area contributed by atoms with Crippen molar-refractivity contribution in [3.05, 3.63) is 68.7 Å². The predicted molar refractivity (Wildman–Crippen MR) is 111 cm³/mol. The topological polar surface area (TPSA) is 46.6 Å². The summed E-state index contributed by atoms with van der Waals surface area (Å²) in [6, 6.07) is 9.35. The van der Waals surface area contributed by atoms with E-state index in [0.29, 0.717) is 16.1 Å². The molecule has 0 fully saturated rings. The van der Waals surface area contributed by atoms with Crippen LogP contribution in [0.15, 0.2) is 30.3 Å². The zero-order valence-electron chi connectivity index (χ0n) is 17.0. The standard InChI is InChI=1S/C23H26ClNO3/c1-13(2)25(22(26)17-8-6-14(3)10-20(17)24)21-9-7-16-11-15(4)18(12-19(16)21)23(27)28-5/h6,8,10-13,21H,7,9H2,1-5H3/t21-/m1/s1. The third kappa shape index (κ3) is 3.66. The molecule has 0 spiro atoms. The van der Waals surface area contributed by atoms with Crippen LogP contribution in [0, 0.1) is 13.8 Å². The van der Waals surface area contributed by atoms with Gasteiger partial charge in [-0.15, -0.1) is 0 Å². The number of nitrogens with zero attached hydrogens (tertiary/aromatic N) is 1. The van der Waals surface area contributed by atoms with Crippen molar-refractivity contribution in [1.82, 2.24) is 4.90 Å². The van der Waals surface area contributed by atoms with Crippen LogP contribution >= 0.6 is 11.6 Å². The molecule has 1 aliphatic carbocycles. The average molecular weight is 400 g/mol. The number of rotatable bonds is 4. The normalized spacial score (nSPS) is 15.5. The Morgan fingerprint density at radius 2 is 1.86 bits per heavy atom. The minimum Gasteiger partial charge on any atom is -0.465 e. The molecule has 1 amide bonds. The van der Waals surface area contributed by atoms with Crippen LogP contribution in [0.25, 0.3) is 0 Å². The van der Waals surface area contributed by atoms with Crippen LogP contribution in [0.3, 0.4) is 0 Å². The molecule has 0 N–H and O–H groups in total. The number of carbonyl (C=O) groups is 2. The van der Waals surface area contributed by atoms with E-state index in [0.717, 1.165) is 29.5 Å². The lowest BCUT2D eigenvalue weighted by Gasteiger charge is -2.34. The molecule has 0 aromatic heterocycles. The lowest BCUT2D eigenvalue weighted by Crippen LogP contribution is -2.39. The molecule has 0 unspecified atom stereocenters. The highest BCUT2D eigenvalue weighted by Gasteiger charge is 2.35. The Hall–Kier alpha value is -2.33. The molecule has 0 radical (unpaired) electrons. The second-order valence-corrected chi connectivity index (χ2v) is 8.11. The van der Waals surface area contributed by atoms with E-state index in [1.54, 1.807) is 6.07 Å². The molecule has 0 saturated carbocycles. The fraction of sp³-hybridized carbons (Fsp3) is 0.391. The smallest absolute Gasteiger partial charge is 0.338 e. The zero-order valence-corrected chi connectivity index (χ0v) is 17.8. The Bertz CT molecular complexity index is 936. The maximum Gasteiger partial charge on any atom is 0.338 e. The van der Waals surface area contributed by atoms with Gasteiger partial charge in [0.25, 0.3) is 5.91 Å². The van der Waals surface area contributed by atoms with Gasteiger partial charge < -0.3 is 9.64 Å². The van der Waals surface area contributed by atoms with Crippen LogP contribution in [-0.4, -0.2) is 29.9 Å². The van der Waals surface area contributed by atoms with Gasteiger partial charge in [-0.2, -0.15) is 0 Å². The molecule has 2 aromatic carbocycles. The maximum absolute atomic E-state index is 13.4. The van der Waals surface area contributed by atoms with Gasteiger partial charge in [0.1, 0.15) is 0 Å². The first-order valence-electron chi connectivity index (χ1n) is 9.55. The highest BCUT2D eigenvalue weighted by Crippen LogP contribution is 2.39. The minimum absolute atomic E-state index is 0.0105. The summed E-state index contributed by atoms with van der Waals surface area (Å²) in [7, 11) is 1.38. The Morgan fingerprint density at radius 1 is 1.14 bits per heavy atom. The first-order chi connectivity index (χ1) is 13.2. The summed E-state index contributed by atoms with van der Waals surface area (Å²) < 4.78 is 4.93. The molecule has 0 aliphatic heterocycles. The molecule has 0 saturated heterocycles. The lowest BCUT2D eigenvalue weighted by atomic mass is 9.98. The van der Waals surface area contributed by atoms with Crippen LogP contribution in [0.2, 0.25) is 5.02 Å². The Balaban J connectivity index is 2.04. The minimum atomic E-state index is -0.352. The van der Waals surface area contributed by atoms with Gasteiger partial charge in [-0.05, 0) is 81.0 Å². The van der Waals surface area contributed by atoms with Crippen molar-refractivity contribution in [1.29, 1.82) is 0 Å². The summed E-state index contributed by atoms with van der Waals surface area (Å²) >= 11 is 6.38. The van der Waals surface area contributed by atoms with Crippen molar-refractivity contribution in [3.8, 4) is 0 Å². The zero-order chi connectivity index (χ0) is 20.6. The van der Waals surface area contributed by atoms with Gasteiger partial charge >= 0.3 is 5.97 Å². The Kier molecular flexibility index (Phi) is 5.80. The van der Waals surface area contributed by atoms with Crippen LogP contribution in [0.4, 0.5) is 0 Å². The highest BCUT2D eigenvalue weighted by molar-refractivity contribution is 6.33. The number of amides is 1. The summed E-state index contributed by atoms with van der Waals surface area (Å²) in [5.74, 6) is -0.437. The van der Waals surface area contributed by atoms with Crippen molar-refractivity contribution < 1.29 is 14.3 Å². The maximum atomic E-state index is 13.4. The van der Waals surface area contributed by atoms with E-state index in [1.807, 2.05) is 56.9 Å². The van der Waals surface area contributed by atoms with Crippen LogP contribution < -0.4 is 0 Å². The summed E-state index contributed by atoms with van der Waals surface area (Å²) in [6.45, 7) is 7.88. The molecular formula is C23H26ClNO3. The van der Waals surface area contributed by atoms with E-state index in [9.17, 15) is 9.59 Å². The fourth-order valence-corrected chi connectivity index (χ4v) is 4.36. The molecule has 2 aromatic rings. The van der Waals surface area contributed by atoms with Gasteiger partial charge in [-0.1, -0.05) is 23.7 Å². The highest BCUT2D eigenvalue weighted by atomic mass is 35.5. The second kappa shape index (κ2) is 7.96. The summed E-state index contributed by atoms with van der Waals surface area (Å²) in [6.07, 6.45) is 1.70. The number of ether oxygens (including phenoxy) is 1. The van der Waals surface area contributed by atoms with Crippen molar-refractivity contribution in [2.75, 3.05) is 7.11 Å². The van der Waals surface area contributed by atoms with E-state index in [2.05, 4.69) is 0 Å². The molecule has 1 atom stereocenters. The van der Waals surface area contributed by atoms with Crippen molar-refractivity contribution >= 4 is 23.5 Å². The Morgan fingerprint density at radius 3 is 2.46 bits per heavy atom. The van der Waals surface area contributed by atoms with Crippen molar-refractivity contribution in [2.24, 2.45) is 0 Å². The number of carbonyl (C=O) groups excluding carboxylic acids is 2. The average Bonchev–Trinajstić information content (AvgIpc) is 3.02. The van der Waals surface area contributed by atoms with E-state index < -0.39 is 0 Å². The van der Waals surface area contributed by atoms with Crippen molar-refractivity contribution in [3.63, 3.8) is 0 Å². The third-order valence-electron chi connectivity index (χ3n) is 5.42. The van der Waals surface area contributed by atoms with Gasteiger partial charge in [-0.3, -0.25) is 4.79 Å². The number of benzene rings is 2. The lowest BCUT2D eigenvalue weighted by molar-refractivity contribution is 0.0599. The molecule has 5 heteroatoms. The fourth-order valence-electron chi connectivity index (χ4n) is 4.05. The molecule has 0 bridgehead atoms. The van der Waals surface area contributed by atoms with E-state index in [4.69, 9.17) is 16.3 Å². The second-order valence-electron chi connectivity index (χ2n) is 7.70. The predicted octanol–water partition coefficient (Wildman–Crippen LogP) is 5.28. The van der Waals surface area contributed by atoms with E-state index in [1.165, 1.54) is 12.7 Å². The Labute approximate surface area is 171 Å². The van der Waals surface area contributed by atoms with Crippen LogP contribution in [0.5, 0.6) is 0 Å². The van der Waals surface area contributed by atoms with Gasteiger partial charge in [0, 0.05) is 6.04 Å². The summed E-state index contributed by atoms with van der Waals surface area (Å²) in [4.78, 5) is 27.5. The van der Waals surface area contributed by atoms with Crippen LogP contribution in [0.1, 0.15) is 69.3 Å². The quantitative estimate of drug-likeness (QED) is 0.657. The number of esters is 1. The number of fused-ring (bicyclic) bond motifs is 1. The van der Waals surface area contributed by atoms with Crippen molar-refractivity contribution in [2.45, 2.75) is 52.6 Å². The number of methoxy groups -OCH3 is 1. The van der Waals surface area contributed by atoms with Gasteiger partial charge in [0.15, 0.2) is 0 Å². The number of aryl methyl sites for hydroxylation is 3. The molecule has 28 heavy (non-hydrogen) atoms. The van der Waals surface area contributed by atoms with E-state index in [-0.39, 0.29) is 24.0 Å². The first-order valence-corrected chi connectivity index (χ1v) is 9.93. The molecule has 3 rings (SSSR count). The number of halogens is 1.